The monoisotopic (exact) mass is 283 g/mol. The first kappa shape index (κ1) is 14.3. The molecule has 6 heteroatoms. The minimum absolute atomic E-state index is 0.00431. The van der Waals surface area contributed by atoms with Gasteiger partial charge in [-0.25, -0.2) is 13.4 Å². The molecule has 2 rings (SSSR count). The molecular weight excluding hydrogens is 262 g/mol. The summed E-state index contributed by atoms with van der Waals surface area (Å²) in [5.74, 6) is 0. The van der Waals surface area contributed by atoms with E-state index in [1.54, 1.807) is 16.4 Å². The van der Waals surface area contributed by atoms with Crippen LogP contribution in [0.4, 0.5) is 5.69 Å². The van der Waals surface area contributed by atoms with Crippen molar-refractivity contribution in [2.24, 2.45) is 0 Å². The van der Waals surface area contributed by atoms with Crippen LogP contribution < -0.4 is 5.73 Å². The number of rotatable bonds is 3. The molecule has 1 unspecified atom stereocenters. The summed E-state index contributed by atoms with van der Waals surface area (Å²) in [7, 11) is -3.58. The van der Waals surface area contributed by atoms with Crippen LogP contribution in [0.15, 0.2) is 23.4 Å². The van der Waals surface area contributed by atoms with Crippen molar-refractivity contribution < 1.29 is 8.42 Å². The number of hydrogen-bond acceptors (Lipinski definition) is 4. The van der Waals surface area contributed by atoms with Crippen molar-refractivity contribution in [3.05, 3.63) is 18.3 Å². The molecule has 1 aliphatic rings. The lowest BCUT2D eigenvalue weighted by molar-refractivity contribution is 0.314. The number of hydrogen-bond donors (Lipinski definition) is 1. The lowest BCUT2D eigenvalue weighted by Gasteiger charge is -2.28. The van der Waals surface area contributed by atoms with E-state index in [9.17, 15) is 8.42 Å². The summed E-state index contributed by atoms with van der Waals surface area (Å²) in [6, 6.07) is 3.29. The summed E-state index contributed by atoms with van der Waals surface area (Å²) < 4.78 is 27.0. The molecule has 106 valence electrons. The van der Waals surface area contributed by atoms with Crippen molar-refractivity contribution >= 4 is 15.7 Å². The zero-order valence-electron chi connectivity index (χ0n) is 11.2. The highest BCUT2D eigenvalue weighted by Crippen LogP contribution is 2.27. The summed E-state index contributed by atoms with van der Waals surface area (Å²) in [6.45, 7) is 2.59. The molecule has 1 aromatic heterocycles. The predicted octanol–water partition coefficient (Wildman–Crippen LogP) is 2.01. The summed E-state index contributed by atoms with van der Waals surface area (Å²) in [4.78, 5) is 3.97. The average molecular weight is 283 g/mol. The molecule has 0 bridgehead atoms. The van der Waals surface area contributed by atoms with Gasteiger partial charge in [0.05, 0.1) is 5.69 Å². The number of aromatic nitrogens is 1. The van der Waals surface area contributed by atoms with Gasteiger partial charge in [0.2, 0.25) is 0 Å². The van der Waals surface area contributed by atoms with Crippen LogP contribution in [-0.2, 0) is 10.0 Å². The molecule has 1 saturated heterocycles. The van der Waals surface area contributed by atoms with E-state index in [1.165, 1.54) is 6.20 Å². The molecule has 19 heavy (non-hydrogen) atoms. The molecule has 2 N–H and O–H groups in total. The Morgan fingerprint density at radius 1 is 1.42 bits per heavy atom. The predicted molar refractivity (Wildman–Crippen MR) is 75.1 cm³/mol. The molecular formula is C13H21N3O2S. The zero-order chi connectivity index (χ0) is 13.9. The smallest absolute Gasteiger partial charge is 0.262 e. The summed E-state index contributed by atoms with van der Waals surface area (Å²) in [5, 5.41) is -0.00431. The Balaban J connectivity index is 2.39. The molecule has 1 atom stereocenters. The molecule has 0 aliphatic carbocycles. The Bertz CT molecular complexity index is 530. The first-order chi connectivity index (χ1) is 9.07. The van der Waals surface area contributed by atoms with Crippen LogP contribution in [0.25, 0.3) is 0 Å². The van der Waals surface area contributed by atoms with Crippen LogP contribution in [0.3, 0.4) is 0 Å². The third-order valence-electron chi connectivity index (χ3n) is 3.65. The lowest BCUT2D eigenvalue weighted by atomic mass is 10.1. The third kappa shape index (κ3) is 2.90. The quantitative estimate of drug-likeness (QED) is 0.920. The van der Waals surface area contributed by atoms with E-state index in [1.807, 2.05) is 6.92 Å². The van der Waals surface area contributed by atoms with Crippen molar-refractivity contribution in [3.8, 4) is 0 Å². The molecule has 0 spiro atoms. The fourth-order valence-corrected chi connectivity index (χ4v) is 4.40. The number of nitrogens with zero attached hydrogens (tertiary/aromatic N) is 2. The maximum Gasteiger partial charge on any atom is 0.262 e. The molecule has 5 nitrogen and oxygen atoms in total. The van der Waals surface area contributed by atoms with Crippen molar-refractivity contribution in [2.75, 3.05) is 12.3 Å². The Labute approximate surface area is 114 Å². The van der Waals surface area contributed by atoms with Crippen LogP contribution >= 0.6 is 0 Å². The summed E-state index contributed by atoms with van der Waals surface area (Å²) in [6.07, 6.45) is 6.29. The van der Waals surface area contributed by atoms with Gasteiger partial charge in [-0.3, -0.25) is 0 Å². The molecule has 0 amide bonds. The van der Waals surface area contributed by atoms with Crippen molar-refractivity contribution in [1.82, 2.24) is 9.29 Å². The molecule has 0 saturated carbocycles. The summed E-state index contributed by atoms with van der Waals surface area (Å²) >= 11 is 0. The minimum Gasteiger partial charge on any atom is -0.396 e. The highest BCUT2D eigenvalue weighted by molar-refractivity contribution is 7.89. The third-order valence-corrected chi connectivity index (χ3v) is 5.58. The Kier molecular flexibility index (Phi) is 4.42. The number of nitrogen functional groups attached to an aromatic ring is 1. The topological polar surface area (TPSA) is 76.3 Å². The van der Waals surface area contributed by atoms with E-state index in [0.29, 0.717) is 6.54 Å². The van der Waals surface area contributed by atoms with Crippen LogP contribution in [0, 0.1) is 0 Å². The van der Waals surface area contributed by atoms with Crippen molar-refractivity contribution in [1.29, 1.82) is 0 Å². The van der Waals surface area contributed by atoms with E-state index in [0.717, 1.165) is 32.1 Å². The van der Waals surface area contributed by atoms with Gasteiger partial charge in [-0.2, -0.15) is 4.31 Å². The van der Waals surface area contributed by atoms with Crippen LogP contribution in [0.1, 0.15) is 39.0 Å². The van der Waals surface area contributed by atoms with Crippen LogP contribution in [0.5, 0.6) is 0 Å². The number of anilines is 1. The SMILES string of the molecule is CCC1CCCCCN1S(=O)(=O)c1ncccc1N. The molecule has 0 aromatic carbocycles. The highest BCUT2D eigenvalue weighted by atomic mass is 32.2. The fraction of sp³-hybridized carbons (Fsp3) is 0.615. The average Bonchev–Trinajstić information content (AvgIpc) is 2.64. The van der Waals surface area contributed by atoms with Gasteiger partial charge in [0.1, 0.15) is 0 Å². The van der Waals surface area contributed by atoms with Crippen molar-refractivity contribution in [2.45, 2.75) is 50.1 Å². The number of sulfonamides is 1. The molecule has 1 aliphatic heterocycles. The van der Waals surface area contributed by atoms with Gasteiger partial charge in [-0.15, -0.1) is 0 Å². The second-order valence-corrected chi connectivity index (χ2v) is 6.73. The fourth-order valence-electron chi connectivity index (χ4n) is 2.60. The molecule has 1 fully saturated rings. The number of pyridine rings is 1. The first-order valence-corrected chi connectivity index (χ1v) is 8.23. The van der Waals surface area contributed by atoms with Crippen LogP contribution in [-0.4, -0.2) is 30.3 Å². The number of nitrogens with two attached hydrogens (primary N) is 1. The van der Waals surface area contributed by atoms with Gasteiger partial charge >= 0.3 is 0 Å². The van der Waals surface area contributed by atoms with E-state index >= 15 is 0 Å². The van der Waals surface area contributed by atoms with Gasteiger partial charge < -0.3 is 5.73 Å². The van der Waals surface area contributed by atoms with Gasteiger partial charge in [-0.05, 0) is 31.4 Å². The van der Waals surface area contributed by atoms with E-state index in [-0.39, 0.29) is 16.8 Å². The normalized spacial score (nSPS) is 22.1. The van der Waals surface area contributed by atoms with Crippen LogP contribution in [0.2, 0.25) is 0 Å². The van der Waals surface area contributed by atoms with Gasteiger partial charge in [0.15, 0.2) is 5.03 Å². The Morgan fingerprint density at radius 3 is 2.89 bits per heavy atom. The van der Waals surface area contributed by atoms with Gasteiger partial charge in [-0.1, -0.05) is 19.8 Å². The largest absolute Gasteiger partial charge is 0.396 e. The first-order valence-electron chi connectivity index (χ1n) is 6.79. The Hall–Kier alpha value is -1.14. The van der Waals surface area contributed by atoms with Gasteiger partial charge in [0.25, 0.3) is 10.0 Å². The maximum absolute atomic E-state index is 12.7. The second-order valence-electron chi connectivity index (χ2n) is 4.92. The molecule has 2 heterocycles. The summed E-state index contributed by atoms with van der Waals surface area (Å²) in [5.41, 5.74) is 5.99. The Morgan fingerprint density at radius 2 is 2.21 bits per heavy atom. The van der Waals surface area contributed by atoms with Crippen molar-refractivity contribution in [3.63, 3.8) is 0 Å². The second kappa shape index (κ2) is 5.88. The lowest BCUT2D eigenvalue weighted by Crippen LogP contribution is -2.40. The molecule has 0 radical (unpaired) electrons. The maximum atomic E-state index is 12.7. The molecule has 1 aromatic rings. The highest BCUT2D eigenvalue weighted by Gasteiger charge is 2.33. The van der Waals surface area contributed by atoms with E-state index < -0.39 is 10.0 Å². The van der Waals surface area contributed by atoms with Gasteiger partial charge in [0, 0.05) is 18.8 Å². The minimum atomic E-state index is -3.58. The standard InChI is InChI=1S/C13H21N3O2S/c1-2-11-7-4-3-5-10-16(11)19(17,18)13-12(14)8-6-9-15-13/h6,8-9,11H,2-5,7,10,14H2,1H3. The van der Waals surface area contributed by atoms with E-state index in [4.69, 9.17) is 5.73 Å². The zero-order valence-corrected chi connectivity index (χ0v) is 12.1. The van der Waals surface area contributed by atoms with E-state index in [2.05, 4.69) is 4.98 Å².